The Bertz CT molecular complexity index is 848. The van der Waals surface area contributed by atoms with E-state index >= 15 is 0 Å². The van der Waals surface area contributed by atoms with E-state index in [-0.39, 0.29) is 5.91 Å². The maximum atomic E-state index is 12.4. The molecule has 0 saturated heterocycles. The van der Waals surface area contributed by atoms with Gasteiger partial charge in [0.25, 0.3) is 5.91 Å². The van der Waals surface area contributed by atoms with Crippen LogP contribution in [0.3, 0.4) is 0 Å². The van der Waals surface area contributed by atoms with Crippen molar-refractivity contribution in [3.05, 3.63) is 64.0 Å². The lowest BCUT2D eigenvalue weighted by Gasteiger charge is -2.06. The second-order valence-electron chi connectivity index (χ2n) is 5.31. The van der Waals surface area contributed by atoms with Crippen molar-refractivity contribution in [1.82, 2.24) is 14.9 Å². The number of aromatic nitrogens is 2. The van der Waals surface area contributed by atoms with E-state index in [9.17, 15) is 4.79 Å². The van der Waals surface area contributed by atoms with Crippen molar-refractivity contribution >= 4 is 29.0 Å². The van der Waals surface area contributed by atoms with Gasteiger partial charge in [-0.2, -0.15) is 0 Å². The van der Waals surface area contributed by atoms with Crippen LogP contribution in [0.5, 0.6) is 5.75 Å². The van der Waals surface area contributed by atoms with Crippen molar-refractivity contribution in [3.63, 3.8) is 0 Å². The second-order valence-corrected chi connectivity index (χ2v) is 6.50. The average molecular weight is 374 g/mol. The van der Waals surface area contributed by atoms with E-state index in [0.29, 0.717) is 22.1 Å². The zero-order valence-electron chi connectivity index (χ0n) is 13.5. The summed E-state index contributed by atoms with van der Waals surface area (Å²) in [5, 5.41) is 7.63. The molecule has 1 aromatic heterocycles. The number of carbonyl (C=O) groups is 1. The fourth-order valence-electron chi connectivity index (χ4n) is 2.33. The zero-order valence-corrected chi connectivity index (χ0v) is 15.1. The number of amides is 1. The van der Waals surface area contributed by atoms with E-state index in [1.54, 1.807) is 19.2 Å². The molecule has 5 nitrogen and oxygen atoms in total. The van der Waals surface area contributed by atoms with Gasteiger partial charge in [0, 0.05) is 17.1 Å². The molecular weight excluding hydrogens is 358 g/mol. The molecule has 1 N–H and O–H groups in total. The molecule has 0 fully saturated rings. The van der Waals surface area contributed by atoms with Gasteiger partial charge in [-0.25, -0.2) is 0 Å². The van der Waals surface area contributed by atoms with Crippen LogP contribution in [0.25, 0.3) is 11.3 Å². The highest BCUT2D eigenvalue weighted by atomic mass is 35.5. The summed E-state index contributed by atoms with van der Waals surface area (Å²) in [7, 11) is 1.64. The average Bonchev–Trinajstić information content (AvgIpc) is 3.13. The van der Waals surface area contributed by atoms with Gasteiger partial charge >= 0.3 is 0 Å². The van der Waals surface area contributed by atoms with Gasteiger partial charge < -0.3 is 10.1 Å². The number of benzene rings is 2. The first-order chi connectivity index (χ1) is 12.2. The summed E-state index contributed by atoms with van der Waals surface area (Å²) in [6.07, 6.45) is 0.734. The van der Waals surface area contributed by atoms with Crippen LogP contribution in [-0.4, -0.2) is 29.1 Å². The molecule has 1 amide bonds. The first-order valence-electron chi connectivity index (χ1n) is 7.67. The van der Waals surface area contributed by atoms with Crippen LogP contribution < -0.4 is 10.1 Å². The summed E-state index contributed by atoms with van der Waals surface area (Å²) < 4.78 is 9.04. The predicted molar refractivity (Wildman–Crippen MR) is 99.4 cm³/mol. The third kappa shape index (κ3) is 4.35. The molecule has 0 aliphatic rings. The van der Waals surface area contributed by atoms with Crippen molar-refractivity contribution in [2.45, 2.75) is 6.42 Å². The van der Waals surface area contributed by atoms with Crippen LogP contribution in [-0.2, 0) is 6.42 Å². The minimum Gasteiger partial charge on any atom is -0.497 e. The van der Waals surface area contributed by atoms with Gasteiger partial charge in [0.2, 0.25) is 0 Å². The van der Waals surface area contributed by atoms with Crippen molar-refractivity contribution in [2.24, 2.45) is 0 Å². The van der Waals surface area contributed by atoms with Gasteiger partial charge in [0.15, 0.2) is 0 Å². The van der Waals surface area contributed by atoms with Crippen LogP contribution in [0.4, 0.5) is 0 Å². The lowest BCUT2D eigenvalue weighted by atomic mass is 10.1. The number of carbonyl (C=O) groups excluding carboxylic acids is 1. The number of nitrogens with zero attached hydrogens (tertiary/aromatic N) is 2. The van der Waals surface area contributed by atoms with Crippen molar-refractivity contribution < 1.29 is 9.53 Å². The van der Waals surface area contributed by atoms with Gasteiger partial charge in [0.1, 0.15) is 16.3 Å². The topological polar surface area (TPSA) is 64.1 Å². The van der Waals surface area contributed by atoms with E-state index in [2.05, 4.69) is 14.9 Å². The highest BCUT2D eigenvalue weighted by Crippen LogP contribution is 2.25. The summed E-state index contributed by atoms with van der Waals surface area (Å²) in [4.78, 5) is 12.9. The van der Waals surface area contributed by atoms with E-state index in [1.165, 1.54) is 0 Å². The molecule has 0 saturated carbocycles. The van der Waals surface area contributed by atoms with E-state index in [4.69, 9.17) is 16.3 Å². The van der Waals surface area contributed by atoms with Crippen LogP contribution in [0, 0.1) is 0 Å². The van der Waals surface area contributed by atoms with Crippen LogP contribution in [0.2, 0.25) is 5.02 Å². The maximum Gasteiger partial charge on any atom is 0.265 e. The van der Waals surface area contributed by atoms with E-state index in [0.717, 1.165) is 34.8 Å². The molecule has 0 atom stereocenters. The first-order valence-corrected chi connectivity index (χ1v) is 8.82. The lowest BCUT2D eigenvalue weighted by Crippen LogP contribution is -2.25. The molecule has 3 aromatic rings. The molecule has 2 aromatic carbocycles. The lowest BCUT2D eigenvalue weighted by molar-refractivity contribution is 0.0958. The molecule has 0 unspecified atom stereocenters. The number of hydrogen-bond acceptors (Lipinski definition) is 5. The highest BCUT2D eigenvalue weighted by molar-refractivity contribution is 7.08. The fraction of sp³-hybridized carbons (Fsp3) is 0.167. The molecule has 7 heteroatoms. The second kappa shape index (κ2) is 8.09. The number of rotatable bonds is 6. The maximum absolute atomic E-state index is 12.4. The summed E-state index contributed by atoms with van der Waals surface area (Å²) >= 11 is 6.99. The Labute approximate surface area is 154 Å². The zero-order chi connectivity index (χ0) is 17.6. The van der Waals surface area contributed by atoms with Gasteiger partial charge in [0.05, 0.1) is 7.11 Å². The molecule has 0 radical (unpaired) electrons. The fourth-order valence-corrected chi connectivity index (χ4v) is 3.06. The number of methoxy groups -OCH3 is 1. The number of ether oxygens (including phenoxy) is 1. The smallest absolute Gasteiger partial charge is 0.265 e. The van der Waals surface area contributed by atoms with E-state index < -0.39 is 0 Å². The number of hydrogen-bond donors (Lipinski definition) is 1. The summed E-state index contributed by atoms with van der Waals surface area (Å²) in [6.45, 7) is 0.531. The normalized spacial score (nSPS) is 10.5. The van der Waals surface area contributed by atoms with Gasteiger partial charge in [-0.1, -0.05) is 40.4 Å². The number of nitrogens with one attached hydrogen (secondary N) is 1. The molecule has 0 spiro atoms. The quantitative estimate of drug-likeness (QED) is 0.713. The van der Waals surface area contributed by atoms with E-state index in [1.807, 2.05) is 36.4 Å². The molecule has 1 heterocycles. The summed E-state index contributed by atoms with van der Waals surface area (Å²) in [5.41, 5.74) is 2.52. The van der Waals surface area contributed by atoms with Gasteiger partial charge in [-0.15, -0.1) is 5.10 Å². The molecule has 3 rings (SSSR count). The number of halogens is 1. The third-order valence-corrected chi connectivity index (χ3v) is 4.65. The summed E-state index contributed by atoms with van der Waals surface area (Å²) in [5.74, 6) is 0.643. The van der Waals surface area contributed by atoms with Crippen LogP contribution in [0.1, 0.15) is 15.2 Å². The molecule has 128 valence electrons. The molecule has 0 aliphatic heterocycles. The third-order valence-electron chi connectivity index (χ3n) is 3.67. The Morgan fingerprint density at radius 3 is 2.56 bits per heavy atom. The van der Waals surface area contributed by atoms with Gasteiger partial charge in [-0.05, 0) is 47.8 Å². The van der Waals surface area contributed by atoms with Crippen molar-refractivity contribution in [2.75, 3.05) is 13.7 Å². The monoisotopic (exact) mass is 373 g/mol. The summed E-state index contributed by atoms with van der Waals surface area (Å²) in [6, 6.07) is 15.0. The Morgan fingerprint density at radius 1 is 1.16 bits per heavy atom. The van der Waals surface area contributed by atoms with Gasteiger partial charge in [-0.3, -0.25) is 4.79 Å². The Hall–Kier alpha value is -2.44. The first kappa shape index (κ1) is 17.4. The van der Waals surface area contributed by atoms with Crippen LogP contribution >= 0.6 is 23.1 Å². The van der Waals surface area contributed by atoms with Crippen molar-refractivity contribution in [3.8, 4) is 17.0 Å². The molecular formula is C18H16ClN3O2S. The Morgan fingerprint density at radius 2 is 1.88 bits per heavy atom. The largest absolute Gasteiger partial charge is 0.497 e. The predicted octanol–water partition coefficient (Wildman–Crippen LogP) is 3.84. The standard InChI is InChI=1S/C18H16ClN3O2S/c1-24-15-8-2-12(3-9-15)10-11-20-18(23)17-16(21-22-25-17)13-4-6-14(19)7-5-13/h2-9H,10-11H2,1H3,(H,20,23). The highest BCUT2D eigenvalue weighted by Gasteiger charge is 2.17. The minimum absolute atomic E-state index is 0.173. The van der Waals surface area contributed by atoms with Crippen LogP contribution in [0.15, 0.2) is 48.5 Å². The Kier molecular flexibility index (Phi) is 5.63. The molecule has 25 heavy (non-hydrogen) atoms. The minimum atomic E-state index is -0.173. The van der Waals surface area contributed by atoms with Crippen molar-refractivity contribution in [1.29, 1.82) is 0 Å². The SMILES string of the molecule is COc1ccc(CCNC(=O)c2snnc2-c2ccc(Cl)cc2)cc1. The molecule has 0 aliphatic carbocycles. The Balaban J connectivity index is 1.62. The molecule has 0 bridgehead atoms.